The molecule has 1 aromatic heterocycles. The molecule has 2 aromatic rings. The maximum atomic E-state index is 13.1. The van der Waals surface area contributed by atoms with Gasteiger partial charge in [0.05, 0.1) is 12.0 Å². The van der Waals surface area contributed by atoms with Crippen molar-refractivity contribution >= 4 is 24.9 Å². The Labute approximate surface area is 181 Å². The Morgan fingerprint density at radius 3 is 2.63 bits per heavy atom. The van der Waals surface area contributed by atoms with Gasteiger partial charge in [-0.05, 0) is 58.2 Å². The molecule has 164 valence electrons. The molecule has 0 amide bonds. The van der Waals surface area contributed by atoms with Gasteiger partial charge in [0.2, 0.25) is 13.3 Å². The highest BCUT2D eigenvalue weighted by Gasteiger charge is 2.50. The van der Waals surface area contributed by atoms with Gasteiger partial charge < -0.3 is 13.8 Å². The zero-order chi connectivity index (χ0) is 22.2. The molecule has 1 heterocycles. The molecule has 1 aliphatic rings. The molecule has 0 N–H and O–H groups in total. The average molecular weight is 455 g/mol. The molecule has 1 aromatic carbocycles. The molecule has 7 nitrogen and oxygen atoms in total. The molecule has 3 rings (SSSR count). The second kappa shape index (κ2) is 8.45. The zero-order valence-electron chi connectivity index (χ0n) is 18.0. The van der Waals surface area contributed by atoms with Crippen LogP contribution in [-0.2, 0) is 30.5 Å². The van der Waals surface area contributed by atoms with E-state index >= 15 is 0 Å². The number of hydrogen-bond acceptors (Lipinski definition) is 7. The Balaban J connectivity index is 1.85. The maximum absolute atomic E-state index is 13.1. The van der Waals surface area contributed by atoms with E-state index in [9.17, 15) is 9.36 Å². The van der Waals surface area contributed by atoms with Crippen LogP contribution in [0, 0.1) is 0 Å². The number of nitrogens with zero attached hydrogens (tertiary/aromatic N) is 2. The van der Waals surface area contributed by atoms with E-state index in [0.29, 0.717) is 10.8 Å². The van der Waals surface area contributed by atoms with Crippen molar-refractivity contribution in [3.63, 3.8) is 0 Å². The van der Waals surface area contributed by atoms with Crippen LogP contribution < -0.4 is 0 Å². The number of esters is 1. The van der Waals surface area contributed by atoms with Crippen molar-refractivity contribution < 1.29 is 23.1 Å². The summed E-state index contributed by atoms with van der Waals surface area (Å²) in [6, 6.07) is 7.62. The van der Waals surface area contributed by atoms with Crippen molar-refractivity contribution in [2.24, 2.45) is 0 Å². The number of rotatable bonds is 8. The van der Waals surface area contributed by atoms with Crippen molar-refractivity contribution in [3.8, 4) is 0 Å². The van der Waals surface area contributed by atoms with Crippen molar-refractivity contribution in [1.82, 2.24) is 10.1 Å². The van der Waals surface area contributed by atoms with E-state index < -0.39 is 24.6 Å². The van der Waals surface area contributed by atoms with Crippen LogP contribution in [0.1, 0.15) is 57.8 Å². The largest absolute Gasteiger partial charge is 0.459 e. The molecule has 0 saturated heterocycles. The molecule has 0 aliphatic heterocycles. The number of hydrogen-bond donors (Lipinski definition) is 0. The predicted octanol–water partition coefficient (Wildman–Crippen LogP) is 5.00. The highest BCUT2D eigenvalue weighted by atomic mass is 35.5. The lowest BCUT2D eigenvalue weighted by Crippen LogP contribution is -2.33. The van der Waals surface area contributed by atoms with Gasteiger partial charge in [0.15, 0.2) is 5.82 Å². The Hall–Kier alpha value is -1.69. The summed E-state index contributed by atoms with van der Waals surface area (Å²) in [6.07, 6.45) is 1.75. The SMILES string of the molecule is CCOP(C)(=O)C(Cc1nc(C2(c3cccc(Cl)c3)CC2)no1)C(=O)OC(C)(C)C. The highest BCUT2D eigenvalue weighted by Crippen LogP contribution is 2.53. The third kappa shape index (κ3) is 5.13. The van der Waals surface area contributed by atoms with E-state index in [-0.39, 0.29) is 24.3 Å². The molecule has 0 radical (unpaired) electrons. The summed E-state index contributed by atoms with van der Waals surface area (Å²) in [5.74, 6) is 0.179. The van der Waals surface area contributed by atoms with Gasteiger partial charge in [-0.2, -0.15) is 4.98 Å². The fraction of sp³-hybridized carbons (Fsp3) is 0.571. The summed E-state index contributed by atoms with van der Waals surface area (Å²) in [5.41, 5.74) is -1.04. The number of aromatic nitrogens is 2. The second-order valence-electron chi connectivity index (χ2n) is 8.68. The second-order valence-corrected chi connectivity index (χ2v) is 11.8. The quantitative estimate of drug-likeness (QED) is 0.409. The molecule has 0 spiro atoms. The van der Waals surface area contributed by atoms with Gasteiger partial charge in [0.1, 0.15) is 11.3 Å². The van der Waals surface area contributed by atoms with Gasteiger partial charge in [0, 0.05) is 18.1 Å². The van der Waals surface area contributed by atoms with Crippen LogP contribution in [0.3, 0.4) is 0 Å². The van der Waals surface area contributed by atoms with Crippen molar-refractivity contribution in [1.29, 1.82) is 0 Å². The Bertz CT molecular complexity index is 964. The van der Waals surface area contributed by atoms with Gasteiger partial charge in [-0.3, -0.25) is 9.36 Å². The van der Waals surface area contributed by atoms with Gasteiger partial charge >= 0.3 is 5.97 Å². The minimum absolute atomic E-state index is 0.0126. The molecule has 2 unspecified atom stereocenters. The molecule has 2 atom stereocenters. The molecule has 1 aliphatic carbocycles. The predicted molar refractivity (Wildman–Crippen MR) is 114 cm³/mol. The third-order valence-corrected chi connectivity index (χ3v) is 7.55. The lowest BCUT2D eigenvalue weighted by atomic mass is 9.95. The molecular weight excluding hydrogens is 427 g/mol. The van der Waals surface area contributed by atoms with Crippen molar-refractivity contribution in [2.75, 3.05) is 13.3 Å². The first-order chi connectivity index (χ1) is 14.0. The smallest absolute Gasteiger partial charge is 0.319 e. The van der Waals surface area contributed by atoms with Crippen LogP contribution in [0.2, 0.25) is 5.02 Å². The summed E-state index contributed by atoms with van der Waals surface area (Å²) in [6.45, 7) is 8.67. The van der Waals surface area contributed by atoms with Gasteiger partial charge in [-0.1, -0.05) is 28.9 Å². The standard InChI is InChI=1S/C21H28ClN2O5P/c1-6-27-30(5,26)16(18(25)28-20(2,3)4)13-17-23-19(24-29-17)21(10-11-21)14-8-7-9-15(22)12-14/h7-9,12,16H,6,10-11,13H2,1-5H3. The number of benzene rings is 1. The molecule has 0 bridgehead atoms. The number of carbonyl (C=O) groups excluding carboxylic acids is 1. The Morgan fingerprint density at radius 1 is 1.37 bits per heavy atom. The van der Waals surface area contributed by atoms with Crippen LogP contribution in [-0.4, -0.2) is 40.6 Å². The fourth-order valence-corrected chi connectivity index (χ4v) is 5.21. The van der Waals surface area contributed by atoms with E-state index in [1.807, 2.05) is 24.3 Å². The Kier molecular flexibility index (Phi) is 6.47. The molecule has 30 heavy (non-hydrogen) atoms. The minimum atomic E-state index is -3.31. The van der Waals surface area contributed by atoms with Crippen LogP contribution in [0.5, 0.6) is 0 Å². The number of halogens is 1. The summed E-state index contributed by atoms with van der Waals surface area (Å²) in [4.78, 5) is 17.3. The fourth-order valence-electron chi connectivity index (χ4n) is 3.41. The first-order valence-electron chi connectivity index (χ1n) is 10.0. The molecule has 1 fully saturated rings. The first-order valence-corrected chi connectivity index (χ1v) is 12.5. The van der Waals surface area contributed by atoms with Crippen LogP contribution in [0.4, 0.5) is 0 Å². The van der Waals surface area contributed by atoms with Gasteiger partial charge in [0.25, 0.3) is 0 Å². The van der Waals surface area contributed by atoms with E-state index in [1.54, 1.807) is 27.7 Å². The van der Waals surface area contributed by atoms with Crippen LogP contribution in [0.15, 0.2) is 28.8 Å². The lowest BCUT2D eigenvalue weighted by Gasteiger charge is -2.26. The van der Waals surface area contributed by atoms with Crippen molar-refractivity contribution in [3.05, 3.63) is 46.6 Å². The average Bonchev–Trinajstić information content (AvgIpc) is 3.30. The molecular formula is C21H28ClN2O5P. The summed E-state index contributed by atoms with van der Waals surface area (Å²) >= 11 is 6.15. The van der Waals surface area contributed by atoms with E-state index in [4.69, 9.17) is 25.4 Å². The number of ether oxygens (including phenoxy) is 1. The summed E-state index contributed by atoms with van der Waals surface area (Å²) < 4.78 is 29.4. The third-order valence-electron chi connectivity index (χ3n) is 5.02. The minimum Gasteiger partial charge on any atom is -0.459 e. The summed E-state index contributed by atoms with van der Waals surface area (Å²) in [7, 11) is -3.31. The van der Waals surface area contributed by atoms with Gasteiger partial charge in [-0.15, -0.1) is 0 Å². The van der Waals surface area contributed by atoms with E-state index in [0.717, 1.165) is 18.4 Å². The van der Waals surface area contributed by atoms with E-state index in [1.165, 1.54) is 6.66 Å². The topological polar surface area (TPSA) is 91.5 Å². The van der Waals surface area contributed by atoms with Gasteiger partial charge in [-0.25, -0.2) is 0 Å². The summed E-state index contributed by atoms with van der Waals surface area (Å²) in [5, 5.41) is 4.81. The number of carbonyl (C=O) groups is 1. The first kappa shape index (κ1) is 23.0. The maximum Gasteiger partial charge on any atom is 0.319 e. The lowest BCUT2D eigenvalue weighted by molar-refractivity contribution is -0.154. The highest BCUT2D eigenvalue weighted by molar-refractivity contribution is 7.60. The van der Waals surface area contributed by atoms with E-state index in [2.05, 4.69) is 10.1 Å². The Morgan fingerprint density at radius 2 is 2.07 bits per heavy atom. The normalized spacial score (nSPS) is 18.5. The van der Waals surface area contributed by atoms with Crippen LogP contribution in [0.25, 0.3) is 0 Å². The zero-order valence-corrected chi connectivity index (χ0v) is 19.6. The van der Waals surface area contributed by atoms with Crippen molar-refractivity contribution in [2.45, 2.75) is 63.6 Å². The monoisotopic (exact) mass is 454 g/mol. The molecule has 9 heteroatoms. The van der Waals surface area contributed by atoms with Crippen LogP contribution >= 0.6 is 19.0 Å². The molecule has 1 saturated carbocycles.